The van der Waals surface area contributed by atoms with Crippen LogP contribution in [-0.2, 0) is 0 Å². The van der Waals surface area contributed by atoms with E-state index >= 15 is 0 Å². The summed E-state index contributed by atoms with van der Waals surface area (Å²) in [6.07, 6.45) is 5.15. The SMILES string of the molecule is CC(C)c1c(N)ncnc1NC1CC(C)(C)CC(C)(C)C1. The normalized spacial score (nSPS) is 21.5. The highest BCUT2D eigenvalue weighted by atomic mass is 15.1. The van der Waals surface area contributed by atoms with Crippen molar-refractivity contribution in [1.82, 2.24) is 9.97 Å². The summed E-state index contributed by atoms with van der Waals surface area (Å²) < 4.78 is 0. The van der Waals surface area contributed by atoms with Crippen molar-refractivity contribution in [3.05, 3.63) is 11.9 Å². The van der Waals surface area contributed by atoms with Crippen LogP contribution >= 0.6 is 0 Å². The van der Waals surface area contributed by atoms with E-state index in [2.05, 4.69) is 56.8 Å². The lowest BCUT2D eigenvalue weighted by Crippen LogP contribution is -2.40. The summed E-state index contributed by atoms with van der Waals surface area (Å²) in [5.74, 6) is 1.83. The summed E-state index contributed by atoms with van der Waals surface area (Å²) in [7, 11) is 0. The molecule has 1 aliphatic rings. The Morgan fingerprint density at radius 2 is 1.71 bits per heavy atom. The van der Waals surface area contributed by atoms with Gasteiger partial charge in [-0.1, -0.05) is 41.5 Å². The molecule has 1 aliphatic carbocycles. The fourth-order valence-electron chi connectivity index (χ4n) is 4.23. The molecule has 0 atom stereocenters. The Morgan fingerprint density at radius 3 is 2.24 bits per heavy atom. The molecule has 1 aromatic heterocycles. The van der Waals surface area contributed by atoms with E-state index in [1.54, 1.807) is 6.33 Å². The van der Waals surface area contributed by atoms with Gasteiger partial charge in [-0.25, -0.2) is 9.97 Å². The van der Waals surface area contributed by atoms with E-state index < -0.39 is 0 Å². The van der Waals surface area contributed by atoms with Crippen LogP contribution in [0.25, 0.3) is 0 Å². The van der Waals surface area contributed by atoms with Crippen LogP contribution in [0, 0.1) is 10.8 Å². The summed E-state index contributed by atoms with van der Waals surface area (Å²) in [4.78, 5) is 8.59. The van der Waals surface area contributed by atoms with Crippen LogP contribution in [0.5, 0.6) is 0 Å². The first-order chi connectivity index (χ1) is 9.60. The van der Waals surface area contributed by atoms with Gasteiger partial charge in [0, 0.05) is 11.6 Å². The third-order valence-electron chi connectivity index (χ3n) is 4.39. The van der Waals surface area contributed by atoms with E-state index in [-0.39, 0.29) is 0 Å². The lowest BCUT2D eigenvalue weighted by atomic mass is 9.63. The molecule has 0 aromatic carbocycles. The highest BCUT2D eigenvalue weighted by molar-refractivity contribution is 5.57. The fraction of sp³-hybridized carbons (Fsp3) is 0.765. The van der Waals surface area contributed by atoms with Gasteiger partial charge in [-0.15, -0.1) is 0 Å². The Morgan fingerprint density at radius 1 is 1.14 bits per heavy atom. The highest BCUT2D eigenvalue weighted by Crippen LogP contribution is 2.46. The quantitative estimate of drug-likeness (QED) is 0.875. The van der Waals surface area contributed by atoms with Crippen LogP contribution in [0.4, 0.5) is 11.6 Å². The van der Waals surface area contributed by atoms with Crippen LogP contribution in [0.2, 0.25) is 0 Å². The molecule has 4 nitrogen and oxygen atoms in total. The van der Waals surface area contributed by atoms with Gasteiger partial charge >= 0.3 is 0 Å². The zero-order chi connectivity index (χ0) is 15.8. The smallest absolute Gasteiger partial charge is 0.135 e. The number of nitrogen functional groups attached to an aromatic ring is 1. The first-order valence-electron chi connectivity index (χ1n) is 7.97. The minimum atomic E-state index is 0.318. The number of anilines is 2. The molecule has 3 N–H and O–H groups in total. The molecule has 1 aromatic rings. The Hall–Kier alpha value is -1.32. The van der Waals surface area contributed by atoms with E-state index in [4.69, 9.17) is 5.73 Å². The molecule has 2 rings (SSSR count). The van der Waals surface area contributed by atoms with Crippen LogP contribution in [0.3, 0.4) is 0 Å². The molecular formula is C17H30N4. The molecule has 0 aliphatic heterocycles. The molecule has 1 saturated carbocycles. The third-order valence-corrected chi connectivity index (χ3v) is 4.39. The van der Waals surface area contributed by atoms with Crippen molar-refractivity contribution in [2.45, 2.75) is 72.8 Å². The molecule has 118 valence electrons. The largest absolute Gasteiger partial charge is 0.383 e. The lowest BCUT2D eigenvalue weighted by molar-refractivity contribution is 0.105. The van der Waals surface area contributed by atoms with Gasteiger partial charge < -0.3 is 11.1 Å². The average molecular weight is 290 g/mol. The maximum absolute atomic E-state index is 6.04. The van der Waals surface area contributed by atoms with Gasteiger partial charge in [0.2, 0.25) is 0 Å². The van der Waals surface area contributed by atoms with Gasteiger partial charge in [0.25, 0.3) is 0 Å². The topological polar surface area (TPSA) is 63.8 Å². The maximum Gasteiger partial charge on any atom is 0.135 e. The zero-order valence-electron chi connectivity index (χ0n) is 14.3. The van der Waals surface area contributed by atoms with Gasteiger partial charge in [-0.2, -0.15) is 0 Å². The summed E-state index contributed by atoms with van der Waals surface area (Å²) in [5, 5.41) is 3.65. The van der Waals surface area contributed by atoms with Crippen LogP contribution in [-0.4, -0.2) is 16.0 Å². The van der Waals surface area contributed by atoms with E-state index in [1.807, 2.05) is 0 Å². The van der Waals surface area contributed by atoms with Gasteiger partial charge in [-0.3, -0.25) is 0 Å². The van der Waals surface area contributed by atoms with Gasteiger partial charge in [0.05, 0.1) is 0 Å². The second-order valence-corrected chi connectivity index (χ2v) is 8.43. The molecule has 0 bridgehead atoms. The van der Waals surface area contributed by atoms with Gasteiger partial charge in [0.1, 0.15) is 18.0 Å². The lowest BCUT2D eigenvalue weighted by Gasteiger charge is -2.45. The molecule has 0 unspecified atom stereocenters. The van der Waals surface area contributed by atoms with Crippen molar-refractivity contribution >= 4 is 11.6 Å². The first-order valence-corrected chi connectivity index (χ1v) is 7.97. The molecule has 0 spiro atoms. The Labute approximate surface area is 128 Å². The number of hydrogen-bond donors (Lipinski definition) is 2. The van der Waals surface area contributed by atoms with Crippen LogP contribution in [0.1, 0.15) is 72.3 Å². The summed E-state index contributed by atoms with van der Waals surface area (Å²) in [5.41, 5.74) is 7.80. The minimum Gasteiger partial charge on any atom is -0.383 e. The van der Waals surface area contributed by atoms with E-state index in [1.165, 1.54) is 6.42 Å². The molecule has 4 heteroatoms. The molecule has 1 heterocycles. The number of aromatic nitrogens is 2. The summed E-state index contributed by atoms with van der Waals surface area (Å²) in [6, 6.07) is 0.440. The fourth-order valence-corrected chi connectivity index (χ4v) is 4.23. The molecule has 21 heavy (non-hydrogen) atoms. The van der Waals surface area contributed by atoms with E-state index in [9.17, 15) is 0 Å². The maximum atomic E-state index is 6.04. The average Bonchev–Trinajstić information content (AvgIpc) is 2.23. The highest BCUT2D eigenvalue weighted by Gasteiger charge is 2.38. The number of nitrogens with zero attached hydrogens (tertiary/aromatic N) is 2. The minimum absolute atomic E-state index is 0.318. The van der Waals surface area contributed by atoms with Gasteiger partial charge in [-0.05, 0) is 36.0 Å². The van der Waals surface area contributed by atoms with E-state index in [0.717, 1.165) is 24.2 Å². The van der Waals surface area contributed by atoms with E-state index in [0.29, 0.717) is 28.6 Å². The first kappa shape index (κ1) is 16.1. The number of rotatable bonds is 3. The van der Waals surface area contributed by atoms with Crippen molar-refractivity contribution in [3.8, 4) is 0 Å². The Kier molecular flexibility index (Phi) is 4.18. The Bertz CT molecular complexity index is 490. The molecular weight excluding hydrogens is 260 g/mol. The van der Waals surface area contributed by atoms with Crippen LogP contribution in [0.15, 0.2) is 6.33 Å². The van der Waals surface area contributed by atoms with Crippen LogP contribution < -0.4 is 11.1 Å². The number of nitrogens with one attached hydrogen (secondary N) is 1. The predicted molar refractivity (Wildman–Crippen MR) is 89.4 cm³/mol. The van der Waals surface area contributed by atoms with Crippen molar-refractivity contribution in [3.63, 3.8) is 0 Å². The molecule has 0 radical (unpaired) electrons. The molecule has 1 fully saturated rings. The monoisotopic (exact) mass is 290 g/mol. The predicted octanol–water partition coefficient (Wildman–Crippen LogP) is 4.20. The number of hydrogen-bond acceptors (Lipinski definition) is 4. The van der Waals surface area contributed by atoms with Crippen molar-refractivity contribution in [1.29, 1.82) is 0 Å². The van der Waals surface area contributed by atoms with Crippen molar-refractivity contribution in [2.24, 2.45) is 10.8 Å². The second-order valence-electron chi connectivity index (χ2n) is 8.43. The zero-order valence-corrected chi connectivity index (χ0v) is 14.3. The van der Waals surface area contributed by atoms with Crippen molar-refractivity contribution < 1.29 is 0 Å². The van der Waals surface area contributed by atoms with Crippen molar-refractivity contribution in [2.75, 3.05) is 11.1 Å². The molecule has 0 amide bonds. The molecule has 0 saturated heterocycles. The Balaban J connectivity index is 2.24. The van der Waals surface area contributed by atoms with Gasteiger partial charge in [0.15, 0.2) is 0 Å². The summed E-state index contributed by atoms with van der Waals surface area (Å²) >= 11 is 0. The number of nitrogens with two attached hydrogens (primary N) is 1. The second kappa shape index (κ2) is 5.47. The standard InChI is InChI=1S/C17H30N4/c1-11(2)13-14(18)19-10-20-15(13)21-12-7-16(3,4)9-17(5,6)8-12/h10-12H,7-9H2,1-6H3,(H3,18,19,20,21). The third kappa shape index (κ3) is 3.86. The summed E-state index contributed by atoms with van der Waals surface area (Å²) in [6.45, 7) is 13.7.